The number of hydrogen-bond donors (Lipinski definition) is 2. The number of rotatable bonds is 1. The van der Waals surface area contributed by atoms with E-state index in [9.17, 15) is 0 Å². The Bertz CT molecular complexity index is 202. The summed E-state index contributed by atoms with van der Waals surface area (Å²) >= 11 is 4.81. The minimum atomic E-state index is 0.627. The van der Waals surface area contributed by atoms with Crippen LogP contribution in [0.2, 0.25) is 0 Å². The van der Waals surface area contributed by atoms with E-state index in [0.29, 0.717) is 10.6 Å². The molecule has 0 bridgehead atoms. The highest BCUT2D eigenvalue weighted by Gasteiger charge is 1.81. The zero-order valence-corrected chi connectivity index (χ0v) is 5.48. The molecule has 2 N–H and O–H groups in total. The van der Waals surface area contributed by atoms with Gasteiger partial charge in [0, 0.05) is 0 Å². The zero-order valence-electron chi connectivity index (χ0n) is 4.66. The van der Waals surface area contributed by atoms with Crippen molar-refractivity contribution in [1.82, 2.24) is 0 Å². The summed E-state index contributed by atoms with van der Waals surface area (Å²) in [5, 5.41) is 8.37. The van der Waals surface area contributed by atoms with E-state index in [-0.39, 0.29) is 0 Å². The highest BCUT2D eigenvalue weighted by Crippen LogP contribution is 2.07. The third kappa shape index (κ3) is 1.55. The van der Waals surface area contributed by atoms with E-state index in [0.717, 1.165) is 0 Å². The largest absolute Gasteiger partial charge is 0.780 e. The van der Waals surface area contributed by atoms with Crippen molar-refractivity contribution in [1.29, 1.82) is 0 Å². The van der Waals surface area contributed by atoms with E-state index in [1.54, 1.807) is 24.3 Å². The Kier molecular flexibility index (Phi) is 1.87. The van der Waals surface area contributed by atoms with Gasteiger partial charge in [-0.15, -0.1) is 0 Å². The van der Waals surface area contributed by atoms with Crippen molar-refractivity contribution in [3.05, 3.63) is 24.3 Å². The van der Waals surface area contributed by atoms with Crippen molar-refractivity contribution in [2.45, 2.75) is 4.90 Å². The third-order valence-electron chi connectivity index (χ3n) is 0.963. The summed E-state index contributed by atoms with van der Waals surface area (Å²) in [6.07, 6.45) is 0. The van der Waals surface area contributed by atoms with E-state index >= 15 is 0 Å². The van der Waals surface area contributed by atoms with E-state index in [1.165, 1.54) is 0 Å². The minimum Gasteiger partial charge on any atom is -0.780 e. The van der Waals surface area contributed by atoms with Gasteiger partial charge in [-0.05, 0) is 6.07 Å². The van der Waals surface area contributed by atoms with Gasteiger partial charge >= 0.3 is 0 Å². The molecule has 48 valence electrons. The lowest BCUT2D eigenvalue weighted by molar-refractivity contribution is 0.389. The molecular weight excluding hydrogens is 134 g/mol. The molecule has 1 aromatic carbocycles. The van der Waals surface area contributed by atoms with Crippen molar-refractivity contribution in [2.24, 2.45) is 0 Å². The molecule has 0 amide bonds. The Labute approximate surface area is 58.9 Å². The fourth-order valence-corrected chi connectivity index (χ4v) is 0.771. The van der Waals surface area contributed by atoms with Crippen LogP contribution in [-0.4, -0.2) is 5.21 Å². The van der Waals surface area contributed by atoms with Crippen molar-refractivity contribution in [3.63, 3.8) is 0 Å². The molecule has 1 aromatic rings. The normalized spacial score (nSPS) is 9.00. The van der Waals surface area contributed by atoms with Crippen molar-refractivity contribution >= 4 is 18.3 Å². The van der Waals surface area contributed by atoms with Gasteiger partial charge in [0.2, 0.25) is 0 Å². The first-order chi connectivity index (χ1) is 4.33. The lowest BCUT2D eigenvalue weighted by atomic mass is 10.3. The monoisotopic (exact) mass is 140 g/mol. The van der Waals surface area contributed by atoms with E-state index in [4.69, 9.17) is 17.8 Å². The van der Waals surface area contributed by atoms with Crippen LogP contribution in [0.3, 0.4) is 0 Å². The molecule has 0 fully saturated rings. The summed E-state index contributed by atoms with van der Waals surface area (Å²) in [6.45, 7) is 0. The predicted octanol–water partition coefficient (Wildman–Crippen LogP) is 1.39. The topological polar surface area (TPSA) is 32.3 Å². The van der Waals surface area contributed by atoms with E-state index in [2.05, 4.69) is 0 Å². The Balaban J connectivity index is 2.94. The van der Waals surface area contributed by atoms with Crippen LogP contribution < -0.4 is 5.48 Å². The Morgan fingerprint density at radius 2 is 2.22 bits per heavy atom. The van der Waals surface area contributed by atoms with Crippen LogP contribution in [0.5, 0.6) is 0 Å². The molecule has 2 nitrogen and oxygen atoms in total. The molecule has 0 unspecified atom stereocenters. The average Bonchev–Trinajstić information content (AvgIpc) is 1.88. The molecule has 0 aliphatic rings. The first-order valence-corrected chi connectivity index (χ1v) is 2.91. The lowest BCUT2D eigenvalue weighted by Crippen LogP contribution is -1.87. The van der Waals surface area contributed by atoms with Crippen LogP contribution in [0, 0.1) is 0 Å². The van der Waals surface area contributed by atoms with Crippen LogP contribution in [0.1, 0.15) is 0 Å². The number of hydrogen-bond acceptors (Lipinski definition) is 3. The maximum atomic E-state index is 8.37. The maximum Gasteiger partial charge on any atom is 0.0587 e. The second-order valence-electron chi connectivity index (χ2n) is 1.64. The highest BCUT2D eigenvalue weighted by atomic mass is 32.1. The number of nitrogens with one attached hydrogen (secondary N) is 1. The second kappa shape index (κ2) is 2.66. The molecule has 0 atom stereocenters. The van der Waals surface area contributed by atoms with Gasteiger partial charge in [-0.2, -0.15) is 4.90 Å². The molecule has 0 saturated heterocycles. The fraction of sp³-hybridized carbons (Fsp3) is 0. The second-order valence-corrected chi connectivity index (χ2v) is 2.11. The van der Waals surface area contributed by atoms with Gasteiger partial charge < -0.3 is 12.6 Å². The van der Waals surface area contributed by atoms with Crippen LogP contribution >= 0.6 is 0 Å². The van der Waals surface area contributed by atoms with E-state index in [1.807, 2.05) is 5.48 Å². The third-order valence-corrected chi connectivity index (χ3v) is 1.22. The quantitative estimate of drug-likeness (QED) is 0.456. The smallest absolute Gasteiger partial charge is 0.0587 e. The lowest BCUT2D eigenvalue weighted by Gasteiger charge is -2.05. The van der Waals surface area contributed by atoms with Gasteiger partial charge in [0.1, 0.15) is 0 Å². The van der Waals surface area contributed by atoms with Gasteiger partial charge in [0.05, 0.1) is 5.69 Å². The predicted molar refractivity (Wildman–Crippen MR) is 37.5 cm³/mol. The number of benzene rings is 1. The summed E-state index contributed by atoms with van der Waals surface area (Å²) in [5.74, 6) is 0. The van der Waals surface area contributed by atoms with Crippen LogP contribution in [0.15, 0.2) is 29.2 Å². The molecule has 3 heteroatoms. The molecule has 0 saturated carbocycles. The van der Waals surface area contributed by atoms with Crippen LogP contribution in [0.25, 0.3) is 0 Å². The first kappa shape index (κ1) is 6.32. The van der Waals surface area contributed by atoms with Gasteiger partial charge in [-0.1, -0.05) is 18.2 Å². The summed E-state index contributed by atoms with van der Waals surface area (Å²) < 4.78 is 0. The summed E-state index contributed by atoms with van der Waals surface area (Å²) in [7, 11) is 0. The molecule has 9 heavy (non-hydrogen) atoms. The summed E-state index contributed by atoms with van der Waals surface area (Å²) in [4.78, 5) is 0.717. The molecule has 0 aliphatic carbocycles. The number of anilines is 1. The molecule has 0 heterocycles. The first-order valence-electron chi connectivity index (χ1n) is 2.50. The Hall–Kier alpha value is -0.800. The van der Waals surface area contributed by atoms with E-state index < -0.39 is 0 Å². The molecule has 0 radical (unpaired) electrons. The van der Waals surface area contributed by atoms with Crippen LogP contribution in [-0.2, 0) is 12.6 Å². The van der Waals surface area contributed by atoms with Gasteiger partial charge in [0.25, 0.3) is 0 Å². The van der Waals surface area contributed by atoms with Gasteiger partial charge in [-0.3, -0.25) is 10.7 Å². The Morgan fingerprint density at radius 3 is 2.67 bits per heavy atom. The van der Waals surface area contributed by atoms with Crippen molar-refractivity contribution in [3.8, 4) is 0 Å². The summed E-state index contributed by atoms with van der Waals surface area (Å²) in [5.41, 5.74) is 2.63. The average molecular weight is 140 g/mol. The highest BCUT2D eigenvalue weighted by molar-refractivity contribution is 7.58. The SMILES string of the molecule is ONc1cccc([S-])c1. The van der Waals surface area contributed by atoms with Crippen LogP contribution in [0.4, 0.5) is 5.69 Å². The van der Waals surface area contributed by atoms with Gasteiger partial charge in [0.15, 0.2) is 0 Å². The molecule has 0 aromatic heterocycles. The summed E-state index contributed by atoms with van der Waals surface area (Å²) in [6, 6.07) is 6.97. The standard InChI is InChI=1S/C6H7NOS/c8-7-5-2-1-3-6(9)4-5/h1-4,7-9H/p-1. The molecule has 0 aliphatic heterocycles. The van der Waals surface area contributed by atoms with Crippen molar-refractivity contribution < 1.29 is 5.21 Å². The molecular formula is C6H6NOS-. The molecule has 1 rings (SSSR count). The zero-order chi connectivity index (χ0) is 6.69. The molecule has 0 spiro atoms. The fourth-order valence-electron chi connectivity index (χ4n) is 0.566. The minimum absolute atomic E-state index is 0.627. The van der Waals surface area contributed by atoms with Gasteiger partial charge in [-0.25, -0.2) is 0 Å². The van der Waals surface area contributed by atoms with Crippen molar-refractivity contribution in [2.75, 3.05) is 5.48 Å². The maximum absolute atomic E-state index is 8.37. The Morgan fingerprint density at radius 1 is 1.44 bits per heavy atom.